The van der Waals surface area contributed by atoms with Crippen LogP contribution < -0.4 is 4.74 Å². The summed E-state index contributed by atoms with van der Waals surface area (Å²) in [6.07, 6.45) is 4.25. The van der Waals surface area contributed by atoms with E-state index in [0.29, 0.717) is 25.0 Å². The van der Waals surface area contributed by atoms with Gasteiger partial charge in [-0.1, -0.05) is 54.3 Å². The van der Waals surface area contributed by atoms with Crippen molar-refractivity contribution in [1.82, 2.24) is 0 Å². The summed E-state index contributed by atoms with van der Waals surface area (Å²) in [6, 6.07) is 25.1. The molecule has 0 bridgehead atoms. The number of hydrogen-bond donors (Lipinski definition) is 0. The van der Waals surface area contributed by atoms with Gasteiger partial charge in [0, 0.05) is 30.4 Å². The third-order valence-corrected chi connectivity index (χ3v) is 4.84. The fourth-order valence-corrected chi connectivity index (χ4v) is 3.12. The van der Waals surface area contributed by atoms with E-state index in [2.05, 4.69) is 11.8 Å². The Morgan fingerprint density at radius 2 is 1.61 bits per heavy atom. The molecule has 0 saturated carbocycles. The van der Waals surface area contributed by atoms with Crippen LogP contribution >= 0.6 is 0 Å². The monoisotopic (exact) mass is 410 g/mol. The van der Waals surface area contributed by atoms with Crippen LogP contribution in [0.2, 0.25) is 0 Å². The average Bonchev–Trinajstić information content (AvgIpc) is 2.81. The molecule has 31 heavy (non-hydrogen) atoms. The maximum Gasteiger partial charge on any atom is 0.167 e. The summed E-state index contributed by atoms with van der Waals surface area (Å²) in [4.78, 5) is 22.8. The minimum atomic E-state index is 0.102. The molecule has 0 amide bonds. The molecule has 0 aliphatic rings. The lowest BCUT2D eigenvalue weighted by Gasteiger charge is -2.06. The van der Waals surface area contributed by atoms with Gasteiger partial charge in [-0.2, -0.15) is 0 Å². The largest absolute Gasteiger partial charge is 0.494 e. The van der Waals surface area contributed by atoms with Crippen LogP contribution in [0.3, 0.4) is 0 Å². The SMILES string of the molecule is O=CCCc1ccc(C#CCCCOc2ccc(C(=O)Cc3ccccc3)cc2)cc1. The van der Waals surface area contributed by atoms with E-state index in [1.54, 1.807) is 0 Å². The van der Waals surface area contributed by atoms with Crippen LogP contribution in [0.25, 0.3) is 0 Å². The molecule has 3 aromatic rings. The summed E-state index contributed by atoms with van der Waals surface area (Å²) in [5.74, 6) is 7.18. The Bertz CT molecular complexity index is 1020. The van der Waals surface area contributed by atoms with Crippen LogP contribution in [0.4, 0.5) is 0 Å². The summed E-state index contributed by atoms with van der Waals surface area (Å²) < 4.78 is 5.76. The third-order valence-electron chi connectivity index (χ3n) is 4.84. The van der Waals surface area contributed by atoms with Gasteiger partial charge in [0.05, 0.1) is 6.61 Å². The van der Waals surface area contributed by atoms with Crippen molar-refractivity contribution in [2.24, 2.45) is 0 Å². The first-order chi connectivity index (χ1) is 15.2. The molecule has 3 rings (SSSR count). The van der Waals surface area contributed by atoms with Gasteiger partial charge in [0.2, 0.25) is 0 Å². The molecule has 0 unspecified atom stereocenters. The highest BCUT2D eigenvalue weighted by atomic mass is 16.5. The van der Waals surface area contributed by atoms with E-state index in [1.165, 1.54) is 0 Å². The van der Waals surface area contributed by atoms with Gasteiger partial charge >= 0.3 is 0 Å². The molecule has 0 saturated heterocycles. The van der Waals surface area contributed by atoms with Gasteiger partial charge in [0.15, 0.2) is 5.78 Å². The van der Waals surface area contributed by atoms with Gasteiger partial charge < -0.3 is 9.53 Å². The minimum absolute atomic E-state index is 0.102. The number of carbonyl (C=O) groups is 2. The van der Waals surface area contributed by atoms with Crippen molar-refractivity contribution < 1.29 is 14.3 Å². The van der Waals surface area contributed by atoms with Crippen LogP contribution in [0.1, 0.15) is 46.3 Å². The summed E-state index contributed by atoms with van der Waals surface area (Å²) in [5, 5.41) is 0. The molecule has 0 atom stereocenters. The van der Waals surface area contributed by atoms with Crippen molar-refractivity contribution in [2.75, 3.05) is 6.61 Å². The molecule has 0 radical (unpaired) electrons. The van der Waals surface area contributed by atoms with Gasteiger partial charge in [-0.25, -0.2) is 0 Å². The second-order valence-electron chi connectivity index (χ2n) is 7.27. The number of Topliss-reactive ketones (excluding diaryl/α,β-unsaturated/α-hetero) is 1. The highest BCUT2D eigenvalue weighted by Gasteiger charge is 2.07. The average molecular weight is 411 g/mol. The Morgan fingerprint density at radius 3 is 2.32 bits per heavy atom. The fraction of sp³-hybridized carbons (Fsp3) is 0.214. The number of carbonyl (C=O) groups excluding carboxylic acids is 2. The molecule has 0 aliphatic carbocycles. The van der Waals surface area contributed by atoms with Crippen molar-refractivity contribution in [1.29, 1.82) is 0 Å². The number of ether oxygens (including phenoxy) is 1. The number of benzene rings is 3. The molecule has 3 aromatic carbocycles. The lowest BCUT2D eigenvalue weighted by molar-refractivity contribution is -0.107. The minimum Gasteiger partial charge on any atom is -0.494 e. The molecular weight excluding hydrogens is 384 g/mol. The molecule has 156 valence electrons. The Labute approximate surface area is 184 Å². The van der Waals surface area contributed by atoms with E-state index in [1.807, 2.05) is 78.9 Å². The van der Waals surface area contributed by atoms with Crippen LogP contribution in [-0.4, -0.2) is 18.7 Å². The van der Waals surface area contributed by atoms with Gasteiger partial charge in [-0.05, 0) is 60.4 Å². The normalized spacial score (nSPS) is 10.1. The van der Waals surface area contributed by atoms with Gasteiger partial charge in [0.25, 0.3) is 0 Å². The zero-order chi connectivity index (χ0) is 21.7. The van der Waals surface area contributed by atoms with Crippen molar-refractivity contribution >= 4 is 12.1 Å². The van der Waals surface area contributed by atoms with Gasteiger partial charge in [-0.3, -0.25) is 4.79 Å². The summed E-state index contributed by atoms with van der Waals surface area (Å²) in [5.41, 5.74) is 3.84. The van der Waals surface area contributed by atoms with E-state index in [-0.39, 0.29) is 5.78 Å². The van der Waals surface area contributed by atoms with Crippen molar-refractivity contribution in [3.63, 3.8) is 0 Å². The lowest BCUT2D eigenvalue weighted by atomic mass is 10.0. The summed E-state index contributed by atoms with van der Waals surface area (Å²) >= 11 is 0. The second kappa shape index (κ2) is 12.1. The lowest BCUT2D eigenvalue weighted by Crippen LogP contribution is -2.03. The molecule has 0 aromatic heterocycles. The number of aldehydes is 1. The second-order valence-corrected chi connectivity index (χ2v) is 7.27. The zero-order valence-electron chi connectivity index (χ0n) is 17.6. The van der Waals surface area contributed by atoms with E-state index >= 15 is 0 Å². The van der Waals surface area contributed by atoms with Crippen LogP contribution in [0.15, 0.2) is 78.9 Å². The Balaban J connectivity index is 1.38. The number of rotatable bonds is 10. The molecular formula is C28H26O3. The first kappa shape index (κ1) is 22.1. The number of hydrogen-bond acceptors (Lipinski definition) is 3. The van der Waals surface area contributed by atoms with Crippen LogP contribution in [0.5, 0.6) is 5.75 Å². The van der Waals surface area contributed by atoms with Gasteiger partial charge in [0.1, 0.15) is 12.0 Å². The number of unbranched alkanes of at least 4 members (excludes halogenated alkanes) is 1. The first-order valence-corrected chi connectivity index (χ1v) is 10.6. The third kappa shape index (κ3) is 7.60. The van der Waals surface area contributed by atoms with Gasteiger partial charge in [-0.15, -0.1) is 0 Å². The maximum atomic E-state index is 12.4. The molecule has 0 aliphatic heterocycles. The van der Waals surface area contributed by atoms with Crippen molar-refractivity contribution in [3.05, 3.63) is 101 Å². The zero-order valence-corrected chi connectivity index (χ0v) is 17.6. The fourth-order valence-electron chi connectivity index (χ4n) is 3.12. The molecule has 0 heterocycles. The van der Waals surface area contributed by atoms with Crippen LogP contribution in [0, 0.1) is 11.8 Å². The highest BCUT2D eigenvalue weighted by Crippen LogP contribution is 2.15. The Morgan fingerprint density at radius 1 is 0.871 bits per heavy atom. The smallest absolute Gasteiger partial charge is 0.167 e. The van der Waals surface area contributed by atoms with E-state index in [4.69, 9.17) is 4.74 Å². The van der Waals surface area contributed by atoms with E-state index < -0.39 is 0 Å². The predicted molar refractivity (Wildman–Crippen MR) is 123 cm³/mol. The Hall–Kier alpha value is -3.64. The van der Waals surface area contributed by atoms with E-state index in [0.717, 1.165) is 48.0 Å². The highest BCUT2D eigenvalue weighted by molar-refractivity contribution is 5.97. The molecule has 0 fully saturated rings. The first-order valence-electron chi connectivity index (χ1n) is 10.6. The summed E-state index contributed by atoms with van der Waals surface area (Å²) in [7, 11) is 0. The maximum absolute atomic E-state index is 12.4. The van der Waals surface area contributed by atoms with Crippen LogP contribution in [-0.2, 0) is 17.6 Å². The number of ketones is 1. The van der Waals surface area contributed by atoms with E-state index in [9.17, 15) is 9.59 Å². The molecule has 0 N–H and O–H groups in total. The topological polar surface area (TPSA) is 43.4 Å². The Kier molecular flexibility index (Phi) is 8.64. The molecule has 0 spiro atoms. The van der Waals surface area contributed by atoms with Crippen molar-refractivity contribution in [3.8, 4) is 17.6 Å². The standard InChI is InChI=1S/C28H26O3/c29-20-7-11-24-14-12-23(13-15-24)8-5-2-6-21-31-27-18-16-26(17-19-27)28(30)22-25-9-3-1-4-10-25/h1,3-4,9-10,12-20H,2,6-7,11,21-22H2. The number of aryl methyl sites for hydroxylation is 1. The quantitative estimate of drug-likeness (QED) is 0.193. The summed E-state index contributed by atoms with van der Waals surface area (Å²) in [6.45, 7) is 0.580. The molecule has 3 nitrogen and oxygen atoms in total. The predicted octanol–water partition coefficient (Wildman–Crippen LogP) is 5.45. The van der Waals surface area contributed by atoms with Crippen molar-refractivity contribution in [2.45, 2.75) is 32.1 Å². The molecule has 3 heteroatoms.